The number of nitrogens with one attached hydrogen (secondary N) is 1. The van der Waals surface area contributed by atoms with Crippen LogP contribution >= 0.6 is 11.6 Å². The van der Waals surface area contributed by atoms with E-state index in [9.17, 15) is 8.78 Å². The van der Waals surface area contributed by atoms with E-state index in [1.165, 1.54) is 0 Å². The number of aryl methyl sites for hydroxylation is 1. The molecule has 0 spiro atoms. The van der Waals surface area contributed by atoms with Crippen LogP contribution in [0.25, 0.3) is 0 Å². The van der Waals surface area contributed by atoms with Crippen LogP contribution in [-0.4, -0.2) is 12.3 Å². The number of hydrogen-bond donors (Lipinski definition) is 3. The number of amidine groups is 1. The van der Waals surface area contributed by atoms with Gasteiger partial charge in [-0.1, -0.05) is 17.7 Å². The Morgan fingerprint density at radius 1 is 1.47 bits per heavy atom. The SMILES string of the molecule is Cc1ccc(N)c(Cl)c1.N=C(N)C(F)F. The van der Waals surface area contributed by atoms with Crippen LogP contribution < -0.4 is 11.5 Å². The Bertz CT molecular complexity index is 342. The standard InChI is InChI=1S/C7H8ClN.C2H4F2N2/c1-5-2-3-7(9)6(8)4-5;3-1(4)2(5)6/h2-4H,9H2,1H3;1H,(H3,5,6). The minimum absolute atomic E-state index is 0.634. The summed E-state index contributed by atoms with van der Waals surface area (Å²) in [6.07, 6.45) is -2.79. The quantitative estimate of drug-likeness (QED) is 0.397. The number of halogens is 3. The summed E-state index contributed by atoms with van der Waals surface area (Å²) >= 11 is 5.69. The summed E-state index contributed by atoms with van der Waals surface area (Å²) in [4.78, 5) is 0. The maximum Gasteiger partial charge on any atom is 0.294 e. The van der Waals surface area contributed by atoms with Crippen molar-refractivity contribution in [3.63, 3.8) is 0 Å². The molecule has 0 saturated carbocycles. The molecule has 0 unspecified atom stereocenters. The van der Waals surface area contributed by atoms with Gasteiger partial charge in [-0.15, -0.1) is 0 Å². The molecule has 84 valence electrons. The molecule has 1 aromatic rings. The van der Waals surface area contributed by atoms with Gasteiger partial charge >= 0.3 is 0 Å². The van der Waals surface area contributed by atoms with Crippen molar-refractivity contribution in [1.82, 2.24) is 0 Å². The number of alkyl halides is 2. The Hall–Kier alpha value is -1.36. The maximum atomic E-state index is 10.8. The van der Waals surface area contributed by atoms with Gasteiger partial charge in [0.1, 0.15) is 0 Å². The highest BCUT2D eigenvalue weighted by Crippen LogP contribution is 2.18. The van der Waals surface area contributed by atoms with Crippen LogP contribution in [-0.2, 0) is 0 Å². The molecule has 0 aromatic heterocycles. The van der Waals surface area contributed by atoms with Crippen LogP contribution in [0.1, 0.15) is 5.56 Å². The average molecular weight is 236 g/mol. The fourth-order valence-corrected chi connectivity index (χ4v) is 0.867. The second kappa shape index (κ2) is 6.19. The van der Waals surface area contributed by atoms with Crippen molar-refractivity contribution >= 4 is 23.1 Å². The molecular formula is C9H12ClF2N3. The Kier molecular flexibility index (Phi) is 5.62. The molecule has 0 heterocycles. The first kappa shape index (κ1) is 13.6. The van der Waals surface area contributed by atoms with Gasteiger partial charge in [0.25, 0.3) is 6.43 Å². The van der Waals surface area contributed by atoms with E-state index >= 15 is 0 Å². The topological polar surface area (TPSA) is 75.9 Å². The van der Waals surface area contributed by atoms with Gasteiger partial charge in [-0.25, -0.2) is 8.78 Å². The highest BCUT2D eigenvalue weighted by molar-refractivity contribution is 6.33. The molecule has 0 radical (unpaired) electrons. The van der Waals surface area contributed by atoms with Crippen LogP contribution in [0, 0.1) is 12.3 Å². The molecule has 0 bridgehead atoms. The minimum Gasteiger partial charge on any atom is -0.398 e. The Balaban J connectivity index is 0.000000288. The molecule has 1 rings (SSSR count). The summed E-state index contributed by atoms with van der Waals surface area (Å²) in [6.45, 7) is 1.98. The zero-order valence-electron chi connectivity index (χ0n) is 8.10. The predicted octanol–water partition coefficient (Wildman–Crippen LogP) is 2.42. The van der Waals surface area contributed by atoms with Crippen LogP contribution in [0.2, 0.25) is 5.02 Å². The third-order valence-corrected chi connectivity index (χ3v) is 1.72. The molecule has 0 atom stereocenters. The third kappa shape index (κ3) is 5.85. The molecule has 1 aromatic carbocycles. The minimum atomic E-state index is -2.79. The summed E-state index contributed by atoms with van der Waals surface area (Å²) in [5.41, 5.74) is 11.5. The van der Waals surface area contributed by atoms with Gasteiger partial charge in [0.15, 0.2) is 5.84 Å². The molecule has 0 aliphatic rings. The van der Waals surface area contributed by atoms with Crippen molar-refractivity contribution in [1.29, 1.82) is 5.41 Å². The van der Waals surface area contributed by atoms with E-state index in [0.717, 1.165) is 5.56 Å². The van der Waals surface area contributed by atoms with E-state index in [0.29, 0.717) is 10.7 Å². The average Bonchev–Trinajstić information content (AvgIpc) is 2.13. The number of nitrogens with two attached hydrogens (primary N) is 2. The van der Waals surface area contributed by atoms with E-state index in [4.69, 9.17) is 22.7 Å². The van der Waals surface area contributed by atoms with Gasteiger partial charge in [0.2, 0.25) is 0 Å². The zero-order chi connectivity index (χ0) is 12.0. The molecule has 3 nitrogen and oxygen atoms in total. The lowest BCUT2D eigenvalue weighted by Gasteiger charge is -1.96. The summed E-state index contributed by atoms with van der Waals surface area (Å²) in [6, 6.07) is 5.58. The number of benzene rings is 1. The lowest BCUT2D eigenvalue weighted by Crippen LogP contribution is -2.18. The Labute approximate surface area is 91.5 Å². The molecule has 0 amide bonds. The first-order chi connectivity index (χ1) is 6.84. The van der Waals surface area contributed by atoms with Crippen LogP contribution in [0.4, 0.5) is 14.5 Å². The van der Waals surface area contributed by atoms with Crippen molar-refractivity contribution in [3.05, 3.63) is 28.8 Å². The van der Waals surface area contributed by atoms with Crippen molar-refractivity contribution in [2.45, 2.75) is 13.3 Å². The molecular weight excluding hydrogens is 224 g/mol. The molecule has 5 N–H and O–H groups in total. The van der Waals surface area contributed by atoms with Gasteiger partial charge in [-0.05, 0) is 24.6 Å². The fraction of sp³-hybridized carbons (Fsp3) is 0.222. The van der Waals surface area contributed by atoms with E-state index in [2.05, 4.69) is 5.73 Å². The van der Waals surface area contributed by atoms with Crippen molar-refractivity contribution in [2.24, 2.45) is 5.73 Å². The zero-order valence-corrected chi connectivity index (χ0v) is 8.85. The van der Waals surface area contributed by atoms with Gasteiger partial charge in [0, 0.05) is 0 Å². The number of rotatable bonds is 1. The third-order valence-electron chi connectivity index (χ3n) is 1.39. The van der Waals surface area contributed by atoms with Crippen LogP contribution in [0.3, 0.4) is 0 Å². The highest BCUT2D eigenvalue weighted by atomic mass is 35.5. The summed E-state index contributed by atoms with van der Waals surface area (Å²) in [5.74, 6) is -1.07. The van der Waals surface area contributed by atoms with Crippen LogP contribution in [0.5, 0.6) is 0 Å². The summed E-state index contributed by atoms with van der Waals surface area (Å²) < 4.78 is 21.6. The second-order valence-electron chi connectivity index (χ2n) is 2.78. The smallest absolute Gasteiger partial charge is 0.294 e. The normalized spacial score (nSPS) is 9.40. The lowest BCUT2D eigenvalue weighted by molar-refractivity contribution is 0.223. The monoisotopic (exact) mass is 235 g/mol. The molecule has 0 aliphatic heterocycles. The van der Waals surface area contributed by atoms with Crippen molar-refractivity contribution in [3.8, 4) is 0 Å². The van der Waals surface area contributed by atoms with E-state index < -0.39 is 12.3 Å². The number of nitrogen functional groups attached to an aromatic ring is 1. The van der Waals surface area contributed by atoms with Gasteiger partial charge < -0.3 is 11.5 Å². The Morgan fingerprint density at radius 3 is 2.20 bits per heavy atom. The van der Waals surface area contributed by atoms with Crippen molar-refractivity contribution < 1.29 is 8.78 Å². The molecule has 0 aliphatic carbocycles. The second-order valence-corrected chi connectivity index (χ2v) is 3.19. The number of hydrogen-bond acceptors (Lipinski definition) is 2. The highest BCUT2D eigenvalue weighted by Gasteiger charge is 2.02. The molecule has 15 heavy (non-hydrogen) atoms. The number of anilines is 1. The lowest BCUT2D eigenvalue weighted by atomic mass is 10.2. The van der Waals surface area contributed by atoms with Gasteiger partial charge in [0.05, 0.1) is 10.7 Å². The largest absolute Gasteiger partial charge is 0.398 e. The fourth-order valence-electron chi connectivity index (χ4n) is 0.632. The molecule has 6 heteroatoms. The van der Waals surface area contributed by atoms with Gasteiger partial charge in [-0.3, -0.25) is 5.41 Å². The summed E-state index contributed by atoms with van der Waals surface area (Å²) in [5, 5.41) is 6.61. The van der Waals surface area contributed by atoms with Crippen molar-refractivity contribution in [2.75, 3.05) is 5.73 Å². The summed E-state index contributed by atoms with van der Waals surface area (Å²) in [7, 11) is 0. The predicted molar refractivity (Wildman–Crippen MR) is 58.5 cm³/mol. The van der Waals surface area contributed by atoms with Gasteiger partial charge in [-0.2, -0.15) is 0 Å². The maximum absolute atomic E-state index is 10.8. The first-order valence-corrected chi connectivity index (χ1v) is 4.36. The molecule has 0 saturated heterocycles. The van der Waals surface area contributed by atoms with Crippen LogP contribution in [0.15, 0.2) is 18.2 Å². The Morgan fingerprint density at radius 2 is 1.93 bits per heavy atom. The molecule has 0 fully saturated rings. The van der Waals surface area contributed by atoms with E-state index in [1.54, 1.807) is 6.07 Å². The first-order valence-electron chi connectivity index (χ1n) is 3.98. The van der Waals surface area contributed by atoms with E-state index in [1.807, 2.05) is 19.1 Å². The van der Waals surface area contributed by atoms with E-state index in [-0.39, 0.29) is 0 Å².